The van der Waals surface area contributed by atoms with Crippen LogP contribution >= 0.6 is 0 Å². The highest BCUT2D eigenvalue weighted by atomic mass is 16.5. The standard InChI is InChI=1S/C19H18N4O4/c1-13(24)17-9-8-16(27-17)12-23-20-11-18(22-23)21-19(25)10-5-14-3-6-15(26-2)7-4-14/h3-11H,12H2,1-2H3,(H,21,22,25)/b10-5-. The Labute approximate surface area is 155 Å². The molecular formula is C19H18N4O4. The number of Topliss-reactive ketones (excluding diaryl/α,β-unsaturated/α-hetero) is 1. The van der Waals surface area contributed by atoms with Crippen molar-refractivity contribution in [2.75, 3.05) is 12.4 Å². The minimum absolute atomic E-state index is 0.147. The average molecular weight is 366 g/mol. The lowest BCUT2D eigenvalue weighted by molar-refractivity contribution is -0.111. The molecule has 8 nitrogen and oxygen atoms in total. The Morgan fingerprint density at radius 2 is 2.00 bits per heavy atom. The topological polar surface area (TPSA) is 99.2 Å². The van der Waals surface area contributed by atoms with Crippen LogP contribution in [-0.2, 0) is 11.3 Å². The van der Waals surface area contributed by atoms with Crippen LogP contribution in [0, 0.1) is 0 Å². The van der Waals surface area contributed by atoms with Crippen molar-refractivity contribution in [1.29, 1.82) is 0 Å². The Morgan fingerprint density at radius 3 is 2.67 bits per heavy atom. The minimum Gasteiger partial charge on any atom is -0.497 e. The van der Waals surface area contributed by atoms with Gasteiger partial charge in [-0.1, -0.05) is 12.1 Å². The maximum atomic E-state index is 12.0. The number of furan rings is 1. The Kier molecular flexibility index (Phi) is 5.46. The molecule has 1 N–H and O–H groups in total. The average Bonchev–Trinajstić information content (AvgIpc) is 3.30. The number of amides is 1. The monoisotopic (exact) mass is 366 g/mol. The van der Waals surface area contributed by atoms with Gasteiger partial charge in [-0.3, -0.25) is 9.59 Å². The zero-order chi connectivity index (χ0) is 19.2. The van der Waals surface area contributed by atoms with Crippen molar-refractivity contribution < 1.29 is 18.7 Å². The van der Waals surface area contributed by atoms with Gasteiger partial charge in [-0.05, 0) is 35.9 Å². The molecule has 0 saturated carbocycles. The molecule has 0 aliphatic rings. The van der Waals surface area contributed by atoms with Gasteiger partial charge in [0.25, 0.3) is 0 Å². The molecule has 0 atom stereocenters. The molecule has 0 aliphatic heterocycles. The van der Waals surface area contributed by atoms with Gasteiger partial charge in [-0.25, -0.2) is 0 Å². The van der Waals surface area contributed by atoms with Crippen LogP contribution < -0.4 is 10.1 Å². The Hall–Kier alpha value is -3.68. The molecule has 0 unspecified atom stereocenters. The zero-order valence-electron chi connectivity index (χ0n) is 14.9. The van der Waals surface area contributed by atoms with Crippen molar-refractivity contribution >= 4 is 23.6 Å². The summed E-state index contributed by atoms with van der Waals surface area (Å²) in [6.45, 7) is 1.69. The van der Waals surface area contributed by atoms with E-state index in [1.807, 2.05) is 24.3 Å². The minimum atomic E-state index is -0.324. The second-order valence-corrected chi connectivity index (χ2v) is 5.68. The van der Waals surface area contributed by atoms with E-state index in [0.717, 1.165) is 11.3 Å². The van der Waals surface area contributed by atoms with Gasteiger partial charge in [0.05, 0.1) is 13.3 Å². The summed E-state index contributed by atoms with van der Waals surface area (Å²) in [4.78, 5) is 24.6. The van der Waals surface area contributed by atoms with E-state index in [4.69, 9.17) is 9.15 Å². The molecule has 0 saturated heterocycles. The number of methoxy groups -OCH3 is 1. The Balaban J connectivity index is 1.56. The molecule has 0 spiro atoms. The molecule has 2 heterocycles. The van der Waals surface area contributed by atoms with E-state index in [-0.39, 0.29) is 24.0 Å². The van der Waals surface area contributed by atoms with Crippen LogP contribution in [-0.4, -0.2) is 33.8 Å². The fourth-order valence-electron chi connectivity index (χ4n) is 2.28. The first-order valence-corrected chi connectivity index (χ1v) is 8.16. The summed E-state index contributed by atoms with van der Waals surface area (Å²) in [5.74, 6) is 1.43. The van der Waals surface area contributed by atoms with Crippen LogP contribution in [0.5, 0.6) is 5.75 Å². The van der Waals surface area contributed by atoms with Gasteiger partial charge in [0.1, 0.15) is 18.1 Å². The van der Waals surface area contributed by atoms with E-state index < -0.39 is 0 Å². The van der Waals surface area contributed by atoms with E-state index in [1.165, 1.54) is 24.0 Å². The largest absolute Gasteiger partial charge is 0.497 e. The first-order valence-electron chi connectivity index (χ1n) is 8.16. The van der Waals surface area contributed by atoms with Gasteiger partial charge in [0.15, 0.2) is 17.4 Å². The highest BCUT2D eigenvalue weighted by molar-refractivity contribution is 6.01. The van der Waals surface area contributed by atoms with Crippen LogP contribution in [0.3, 0.4) is 0 Å². The van der Waals surface area contributed by atoms with Crippen molar-refractivity contribution in [1.82, 2.24) is 15.0 Å². The summed E-state index contributed by atoms with van der Waals surface area (Å²) in [6, 6.07) is 10.6. The van der Waals surface area contributed by atoms with Gasteiger partial charge in [0, 0.05) is 13.0 Å². The number of nitrogens with one attached hydrogen (secondary N) is 1. The molecule has 27 heavy (non-hydrogen) atoms. The number of carbonyl (C=O) groups is 2. The number of aromatic nitrogens is 3. The molecule has 0 aliphatic carbocycles. The molecule has 0 bridgehead atoms. The van der Waals surface area contributed by atoms with E-state index >= 15 is 0 Å². The maximum absolute atomic E-state index is 12.0. The lowest BCUT2D eigenvalue weighted by Crippen LogP contribution is -2.09. The number of hydrogen-bond donors (Lipinski definition) is 1. The number of nitrogens with zero attached hydrogens (tertiary/aromatic N) is 3. The Bertz CT molecular complexity index is 970. The molecule has 8 heteroatoms. The van der Waals surface area contributed by atoms with Crippen molar-refractivity contribution in [2.24, 2.45) is 0 Å². The van der Waals surface area contributed by atoms with E-state index in [0.29, 0.717) is 11.6 Å². The van der Waals surface area contributed by atoms with Crippen LogP contribution in [0.25, 0.3) is 6.08 Å². The van der Waals surface area contributed by atoms with Crippen LogP contribution in [0.1, 0.15) is 28.8 Å². The number of benzene rings is 1. The maximum Gasteiger partial charge on any atom is 0.249 e. The normalized spacial score (nSPS) is 10.9. The van der Waals surface area contributed by atoms with Crippen LogP contribution in [0.4, 0.5) is 5.82 Å². The molecule has 1 aromatic carbocycles. The summed E-state index contributed by atoms with van der Waals surface area (Å²) in [5.41, 5.74) is 0.869. The third kappa shape index (κ3) is 4.91. The SMILES string of the molecule is COc1ccc(/C=C\C(=O)Nc2cnn(Cc3ccc(C(C)=O)o3)n2)cc1. The molecular weight excluding hydrogens is 348 g/mol. The fraction of sp³-hybridized carbons (Fsp3) is 0.158. The van der Waals surface area contributed by atoms with E-state index in [1.54, 1.807) is 25.3 Å². The predicted molar refractivity (Wildman–Crippen MR) is 98.5 cm³/mol. The number of ether oxygens (including phenoxy) is 1. The van der Waals surface area contributed by atoms with Gasteiger partial charge < -0.3 is 14.5 Å². The molecule has 3 rings (SSSR count). The summed E-state index contributed by atoms with van der Waals surface area (Å²) < 4.78 is 10.5. The highest BCUT2D eigenvalue weighted by Gasteiger charge is 2.09. The van der Waals surface area contributed by atoms with Crippen LogP contribution in [0.2, 0.25) is 0 Å². The van der Waals surface area contributed by atoms with Crippen molar-refractivity contribution in [3.05, 3.63) is 65.8 Å². The number of ketones is 1. The van der Waals surface area contributed by atoms with Gasteiger partial charge in [-0.15, -0.1) is 5.10 Å². The highest BCUT2D eigenvalue weighted by Crippen LogP contribution is 2.13. The van der Waals surface area contributed by atoms with E-state index in [9.17, 15) is 9.59 Å². The summed E-state index contributed by atoms with van der Waals surface area (Å²) in [5, 5.41) is 10.9. The van der Waals surface area contributed by atoms with Gasteiger partial charge in [0.2, 0.25) is 5.91 Å². The zero-order valence-corrected chi connectivity index (χ0v) is 14.9. The third-order valence-corrected chi connectivity index (χ3v) is 3.64. The molecule has 3 aromatic rings. The van der Waals surface area contributed by atoms with Crippen molar-refractivity contribution in [3.8, 4) is 5.75 Å². The molecule has 2 aromatic heterocycles. The smallest absolute Gasteiger partial charge is 0.249 e. The van der Waals surface area contributed by atoms with Gasteiger partial charge >= 0.3 is 0 Å². The Morgan fingerprint density at radius 1 is 1.22 bits per heavy atom. The van der Waals surface area contributed by atoms with E-state index in [2.05, 4.69) is 15.5 Å². The lowest BCUT2D eigenvalue weighted by Gasteiger charge is -1.99. The summed E-state index contributed by atoms with van der Waals surface area (Å²) in [6.07, 6.45) is 4.53. The third-order valence-electron chi connectivity index (χ3n) is 3.64. The molecule has 1 amide bonds. The number of carbonyl (C=O) groups excluding carboxylic acids is 2. The van der Waals surface area contributed by atoms with Crippen molar-refractivity contribution in [3.63, 3.8) is 0 Å². The molecule has 0 radical (unpaired) electrons. The van der Waals surface area contributed by atoms with Crippen LogP contribution in [0.15, 0.2) is 53.1 Å². The second-order valence-electron chi connectivity index (χ2n) is 5.68. The summed E-state index contributed by atoms with van der Waals surface area (Å²) >= 11 is 0. The second kappa shape index (κ2) is 8.13. The number of anilines is 1. The molecule has 138 valence electrons. The quantitative estimate of drug-likeness (QED) is 0.510. The summed E-state index contributed by atoms with van der Waals surface area (Å²) in [7, 11) is 1.60. The lowest BCUT2D eigenvalue weighted by atomic mass is 10.2. The predicted octanol–water partition coefficient (Wildman–Crippen LogP) is 2.78. The first-order chi connectivity index (χ1) is 13.0. The fourth-order valence-corrected chi connectivity index (χ4v) is 2.28. The van der Waals surface area contributed by atoms with Gasteiger partial charge in [-0.2, -0.15) is 9.90 Å². The number of rotatable bonds is 7. The van der Waals surface area contributed by atoms with Crippen molar-refractivity contribution in [2.45, 2.75) is 13.5 Å². The molecule has 0 fully saturated rings. The first kappa shape index (κ1) is 18.1. The number of hydrogen-bond acceptors (Lipinski definition) is 6.